The second-order valence-corrected chi connectivity index (χ2v) is 4.12. The van der Waals surface area contributed by atoms with Crippen molar-refractivity contribution in [1.82, 2.24) is 0 Å². The smallest absolute Gasteiger partial charge is 0.267 e. The molecule has 1 aliphatic rings. The fourth-order valence-electron chi connectivity index (χ4n) is 1.37. The third-order valence-corrected chi connectivity index (χ3v) is 3.25. The molecule has 0 saturated carbocycles. The van der Waals surface area contributed by atoms with Gasteiger partial charge in [-0.2, -0.15) is 13.2 Å². The summed E-state index contributed by atoms with van der Waals surface area (Å²) in [6.07, 6.45) is -3.37. The lowest BCUT2D eigenvalue weighted by Crippen LogP contribution is -2.31. The molecule has 1 nitrogen and oxygen atoms in total. The number of benzene rings is 1. The van der Waals surface area contributed by atoms with Crippen molar-refractivity contribution >= 4 is 28.8 Å². The van der Waals surface area contributed by atoms with Gasteiger partial charge in [-0.3, -0.25) is 4.99 Å². The van der Waals surface area contributed by atoms with Crippen molar-refractivity contribution in [3.8, 4) is 0 Å². The Morgan fingerprint density at radius 3 is 2.07 bits per heavy atom. The molecule has 0 N–H and O–H groups in total. The molecule has 1 heterocycles. The van der Waals surface area contributed by atoms with E-state index >= 15 is 0 Å². The maximum Gasteiger partial charge on any atom is 0.422 e. The Labute approximate surface area is 98.5 Å². The van der Waals surface area contributed by atoms with Gasteiger partial charge < -0.3 is 0 Å². The van der Waals surface area contributed by atoms with Gasteiger partial charge >= 0.3 is 6.18 Å². The Morgan fingerprint density at radius 2 is 1.73 bits per heavy atom. The van der Waals surface area contributed by atoms with Crippen molar-refractivity contribution in [3.05, 3.63) is 35.4 Å². The molecule has 1 aromatic carbocycles. The summed E-state index contributed by atoms with van der Waals surface area (Å²) in [6.45, 7) is 0. The quantitative estimate of drug-likeness (QED) is 0.583. The third kappa shape index (κ3) is 1.77. The predicted octanol–water partition coefficient (Wildman–Crippen LogP) is 3.46. The van der Waals surface area contributed by atoms with Crippen LogP contribution in [0.1, 0.15) is 11.1 Å². The van der Waals surface area contributed by atoms with Crippen LogP contribution in [0.4, 0.5) is 13.2 Å². The summed E-state index contributed by atoms with van der Waals surface area (Å²) in [6, 6.07) is 6.40. The number of rotatable bonds is 2. The Kier molecular flexibility index (Phi) is 2.52. The van der Waals surface area contributed by atoms with Crippen LogP contribution < -0.4 is 0 Å². The van der Waals surface area contributed by atoms with E-state index in [0.717, 1.165) is 16.2 Å². The lowest BCUT2D eigenvalue weighted by molar-refractivity contribution is -0.156. The fraction of sp³-hybridized carbons (Fsp3) is 0.300. The van der Waals surface area contributed by atoms with Crippen LogP contribution in [0.2, 0.25) is 0 Å². The molecule has 0 aromatic heterocycles. The van der Waals surface area contributed by atoms with E-state index in [1.165, 1.54) is 12.1 Å². The van der Waals surface area contributed by atoms with Gasteiger partial charge in [0.15, 0.2) is 0 Å². The van der Waals surface area contributed by atoms with Gasteiger partial charge in [-0.1, -0.05) is 46.9 Å². The molecule has 5 heteroatoms. The molecular weight excluding hydrogens is 318 g/mol. The highest BCUT2D eigenvalue weighted by atomic mass is 127. The molecule has 2 rings (SSSR count). The van der Waals surface area contributed by atoms with Crippen LogP contribution in [0.25, 0.3) is 0 Å². The predicted molar refractivity (Wildman–Crippen MR) is 60.4 cm³/mol. The Bertz CT molecular complexity index is 388. The van der Waals surface area contributed by atoms with Gasteiger partial charge in [0.05, 0.1) is 0 Å². The Morgan fingerprint density at radius 1 is 1.20 bits per heavy atom. The Hall–Kier alpha value is -0.590. The fourth-order valence-corrected chi connectivity index (χ4v) is 1.88. The lowest BCUT2D eigenvalue weighted by Gasteiger charge is -2.17. The number of nitrogens with zero attached hydrogens (tertiary/aromatic N) is 1. The van der Waals surface area contributed by atoms with Crippen LogP contribution in [0, 0.1) is 0 Å². The Balaban J connectivity index is 2.31. The highest BCUT2D eigenvalue weighted by molar-refractivity contribution is 14.1. The van der Waals surface area contributed by atoms with Crippen LogP contribution in [-0.2, 0) is 9.97 Å². The summed E-state index contributed by atoms with van der Waals surface area (Å²) in [5.41, 5.74) is -0.822. The zero-order valence-corrected chi connectivity index (χ0v) is 9.71. The van der Waals surface area contributed by atoms with Gasteiger partial charge in [0.25, 0.3) is 0 Å². The van der Waals surface area contributed by atoms with Crippen LogP contribution in [-0.4, -0.2) is 12.4 Å². The highest BCUT2D eigenvalue weighted by Crippen LogP contribution is 2.47. The van der Waals surface area contributed by atoms with Gasteiger partial charge in [0, 0.05) is 10.6 Å². The average molecular weight is 325 g/mol. The zero-order valence-electron chi connectivity index (χ0n) is 7.55. The molecule has 1 aliphatic heterocycles. The summed E-state index contributed by atoms with van der Waals surface area (Å²) in [5, 5.41) is 0. The second kappa shape index (κ2) is 3.47. The van der Waals surface area contributed by atoms with Gasteiger partial charge in [-0.05, 0) is 11.1 Å². The zero-order chi connectivity index (χ0) is 11.1. The first kappa shape index (κ1) is 10.9. The minimum absolute atomic E-state index is 0.198. The van der Waals surface area contributed by atoms with Crippen molar-refractivity contribution < 1.29 is 13.2 Å². The van der Waals surface area contributed by atoms with Gasteiger partial charge in [-0.25, -0.2) is 0 Å². The number of halogens is 4. The first-order valence-corrected chi connectivity index (χ1v) is 5.81. The van der Waals surface area contributed by atoms with Crippen molar-refractivity contribution in [3.63, 3.8) is 0 Å². The highest BCUT2D eigenvalue weighted by Gasteiger charge is 2.61. The minimum Gasteiger partial charge on any atom is -0.267 e. The molecule has 0 aliphatic carbocycles. The molecule has 0 bridgehead atoms. The average Bonchev–Trinajstić information content (AvgIpc) is 2.98. The first-order chi connectivity index (χ1) is 6.99. The van der Waals surface area contributed by atoms with E-state index in [4.69, 9.17) is 0 Å². The third-order valence-electron chi connectivity index (χ3n) is 2.37. The van der Waals surface area contributed by atoms with Crippen LogP contribution in [0.3, 0.4) is 0 Å². The molecule has 15 heavy (non-hydrogen) atoms. The van der Waals surface area contributed by atoms with E-state index in [-0.39, 0.29) is 5.56 Å². The molecule has 1 unspecified atom stereocenters. The molecule has 0 amide bonds. The number of aliphatic imine (C=N–C) groups is 1. The summed E-state index contributed by atoms with van der Waals surface area (Å²) >= 11 is 2.16. The van der Waals surface area contributed by atoms with Crippen molar-refractivity contribution in [1.29, 1.82) is 0 Å². The largest absolute Gasteiger partial charge is 0.422 e. The summed E-state index contributed by atoms with van der Waals surface area (Å²) in [4.78, 5) is 3.38. The minimum atomic E-state index is -4.32. The number of hydrogen-bond donors (Lipinski definition) is 0. The molecular formula is C10H7F3IN. The standard InChI is InChI=1S/C10H7F3IN/c11-10(12,13)9(6-15-9)8-3-1-7(5-14)2-4-8/h1-4,6H,5H2. The number of hydrogen-bond acceptors (Lipinski definition) is 1. The van der Waals surface area contributed by atoms with Crippen molar-refractivity contribution in [2.75, 3.05) is 0 Å². The van der Waals surface area contributed by atoms with E-state index in [1.807, 2.05) is 0 Å². The van der Waals surface area contributed by atoms with E-state index < -0.39 is 11.7 Å². The monoisotopic (exact) mass is 325 g/mol. The number of alkyl halides is 4. The molecule has 0 saturated heterocycles. The van der Waals surface area contributed by atoms with Crippen LogP contribution in [0.15, 0.2) is 29.3 Å². The lowest BCUT2D eigenvalue weighted by atomic mass is 9.96. The van der Waals surface area contributed by atoms with E-state index in [0.29, 0.717) is 0 Å². The molecule has 0 spiro atoms. The maximum absolute atomic E-state index is 12.6. The molecule has 80 valence electrons. The van der Waals surface area contributed by atoms with E-state index in [2.05, 4.69) is 27.6 Å². The molecule has 0 fully saturated rings. The van der Waals surface area contributed by atoms with Gasteiger partial charge in [0.1, 0.15) is 0 Å². The SMILES string of the molecule is FC(F)(F)C1(c2ccc(CI)cc2)C=N1. The second-order valence-electron chi connectivity index (χ2n) is 3.35. The first-order valence-electron chi connectivity index (χ1n) is 4.28. The molecule has 0 radical (unpaired) electrons. The molecule has 1 atom stereocenters. The van der Waals surface area contributed by atoms with Crippen LogP contribution in [0.5, 0.6) is 0 Å². The van der Waals surface area contributed by atoms with Crippen molar-refractivity contribution in [2.24, 2.45) is 4.99 Å². The van der Waals surface area contributed by atoms with Gasteiger partial charge in [-0.15, -0.1) is 0 Å². The summed E-state index contributed by atoms with van der Waals surface area (Å²) < 4.78 is 38.7. The normalized spacial score (nSPS) is 24.3. The van der Waals surface area contributed by atoms with E-state index in [1.54, 1.807) is 12.1 Å². The summed E-state index contributed by atoms with van der Waals surface area (Å²) in [7, 11) is 0. The molecule has 1 aromatic rings. The van der Waals surface area contributed by atoms with Crippen molar-refractivity contribution in [2.45, 2.75) is 16.1 Å². The van der Waals surface area contributed by atoms with Gasteiger partial charge in [0.2, 0.25) is 5.54 Å². The van der Waals surface area contributed by atoms with Crippen LogP contribution >= 0.6 is 22.6 Å². The topological polar surface area (TPSA) is 12.4 Å². The summed E-state index contributed by atoms with van der Waals surface area (Å²) in [5.74, 6) is 0. The maximum atomic E-state index is 12.6. The van der Waals surface area contributed by atoms with E-state index in [9.17, 15) is 13.2 Å².